The molecule has 0 saturated carbocycles. The number of methoxy groups -OCH3 is 1. The summed E-state index contributed by atoms with van der Waals surface area (Å²) in [5.74, 6) is 2.69. The standard InChI is InChI=1S/C20H24N4O/c1-14-5-7-16(8-6-14)20(17-9-11-18(25-4)12-10-17)21-13-19-23-22-15(2)24(19)3/h5-12,20-21H,13H2,1-4H3/t20-/m0/s1. The first-order valence-corrected chi connectivity index (χ1v) is 8.37. The van der Waals surface area contributed by atoms with Crippen molar-refractivity contribution in [2.45, 2.75) is 26.4 Å². The van der Waals surface area contributed by atoms with Gasteiger partial charge in [0.25, 0.3) is 0 Å². The molecule has 0 fully saturated rings. The highest BCUT2D eigenvalue weighted by molar-refractivity contribution is 5.36. The van der Waals surface area contributed by atoms with Crippen LogP contribution in [0.1, 0.15) is 34.4 Å². The van der Waals surface area contributed by atoms with Gasteiger partial charge in [0.2, 0.25) is 0 Å². The van der Waals surface area contributed by atoms with Crippen molar-refractivity contribution in [1.29, 1.82) is 0 Å². The van der Waals surface area contributed by atoms with Gasteiger partial charge < -0.3 is 9.30 Å². The molecule has 1 heterocycles. The van der Waals surface area contributed by atoms with Crippen molar-refractivity contribution in [3.63, 3.8) is 0 Å². The van der Waals surface area contributed by atoms with Crippen molar-refractivity contribution in [3.05, 3.63) is 76.9 Å². The van der Waals surface area contributed by atoms with Gasteiger partial charge in [0.05, 0.1) is 19.7 Å². The van der Waals surface area contributed by atoms with Gasteiger partial charge in [0, 0.05) is 7.05 Å². The van der Waals surface area contributed by atoms with Gasteiger partial charge >= 0.3 is 0 Å². The third kappa shape index (κ3) is 3.88. The van der Waals surface area contributed by atoms with Gasteiger partial charge in [-0.1, -0.05) is 42.0 Å². The van der Waals surface area contributed by atoms with E-state index in [1.807, 2.05) is 30.7 Å². The van der Waals surface area contributed by atoms with Crippen molar-refractivity contribution in [1.82, 2.24) is 20.1 Å². The Kier molecular flexibility index (Phi) is 5.14. The highest BCUT2D eigenvalue weighted by Gasteiger charge is 2.15. The van der Waals surface area contributed by atoms with E-state index in [9.17, 15) is 0 Å². The van der Waals surface area contributed by atoms with E-state index in [0.29, 0.717) is 6.54 Å². The maximum Gasteiger partial charge on any atom is 0.146 e. The Morgan fingerprint density at radius 1 is 0.960 bits per heavy atom. The number of nitrogens with one attached hydrogen (secondary N) is 1. The highest BCUT2D eigenvalue weighted by atomic mass is 16.5. The number of aromatic nitrogens is 3. The van der Waals surface area contributed by atoms with Crippen LogP contribution in [0.5, 0.6) is 5.75 Å². The van der Waals surface area contributed by atoms with Crippen LogP contribution in [-0.4, -0.2) is 21.9 Å². The van der Waals surface area contributed by atoms with E-state index >= 15 is 0 Å². The van der Waals surface area contributed by atoms with E-state index in [1.165, 1.54) is 16.7 Å². The molecule has 0 aliphatic rings. The molecule has 0 aliphatic heterocycles. The minimum absolute atomic E-state index is 0.0727. The molecule has 0 radical (unpaired) electrons. The van der Waals surface area contributed by atoms with Crippen LogP contribution in [0.15, 0.2) is 48.5 Å². The molecule has 130 valence electrons. The Morgan fingerprint density at radius 3 is 2.08 bits per heavy atom. The summed E-state index contributed by atoms with van der Waals surface area (Å²) < 4.78 is 7.28. The second-order valence-electron chi connectivity index (χ2n) is 6.22. The van der Waals surface area contributed by atoms with Gasteiger partial charge in [-0.05, 0) is 37.1 Å². The molecule has 1 aromatic heterocycles. The van der Waals surface area contributed by atoms with Crippen LogP contribution in [0.3, 0.4) is 0 Å². The van der Waals surface area contributed by atoms with Crippen molar-refractivity contribution < 1.29 is 4.74 Å². The lowest BCUT2D eigenvalue weighted by atomic mass is 9.97. The van der Waals surface area contributed by atoms with Crippen LogP contribution in [0, 0.1) is 13.8 Å². The van der Waals surface area contributed by atoms with Gasteiger partial charge in [0.15, 0.2) is 0 Å². The molecule has 1 N–H and O–H groups in total. The second kappa shape index (κ2) is 7.49. The van der Waals surface area contributed by atoms with Gasteiger partial charge in [0.1, 0.15) is 17.4 Å². The Balaban J connectivity index is 1.87. The summed E-state index contributed by atoms with van der Waals surface area (Å²) in [6.45, 7) is 4.70. The minimum Gasteiger partial charge on any atom is -0.497 e. The number of aryl methyl sites for hydroxylation is 2. The molecule has 0 unspecified atom stereocenters. The number of hydrogen-bond acceptors (Lipinski definition) is 4. The maximum absolute atomic E-state index is 5.28. The fraction of sp³-hybridized carbons (Fsp3) is 0.300. The molecule has 25 heavy (non-hydrogen) atoms. The Bertz CT molecular complexity index is 822. The van der Waals surface area contributed by atoms with E-state index in [2.05, 4.69) is 58.8 Å². The van der Waals surface area contributed by atoms with Crippen molar-refractivity contribution >= 4 is 0 Å². The van der Waals surface area contributed by atoms with E-state index in [1.54, 1.807) is 7.11 Å². The molecule has 0 amide bonds. The monoisotopic (exact) mass is 336 g/mol. The molecular weight excluding hydrogens is 312 g/mol. The summed E-state index contributed by atoms with van der Waals surface area (Å²) in [6, 6.07) is 16.9. The first-order valence-electron chi connectivity index (χ1n) is 8.37. The van der Waals surface area contributed by atoms with Gasteiger partial charge in [-0.2, -0.15) is 0 Å². The molecule has 0 saturated heterocycles. The number of benzene rings is 2. The fourth-order valence-corrected chi connectivity index (χ4v) is 2.78. The van der Waals surface area contributed by atoms with E-state index in [4.69, 9.17) is 4.74 Å². The molecule has 2 aromatic carbocycles. The topological polar surface area (TPSA) is 52.0 Å². The highest BCUT2D eigenvalue weighted by Crippen LogP contribution is 2.25. The van der Waals surface area contributed by atoms with E-state index in [0.717, 1.165) is 17.4 Å². The summed E-state index contributed by atoms with van der Waals surface area (Å²) in [7, 11) is 3.67. The Morgan fingerprint density at radius 2 is 1.56 bits per heavy atom. The molecule has 0 aliphatic carbocycles. The normalized spacial score (nSPS) is 12.2. The first kappa shape index (κ1) is 17.2. The second-order valence-corrected chi connectivity index (χ2v) is 6.22. The van der Waals surface area contributed by atoms with Crippen molar-refractivity contribution in [3.8, 4) is 5.75 Å². The molecule has 0 bridgehead atoms. The largest absolute Gasteiger partial charge is 0.497 e. The molecule has 0 spiro atoms. The number of hydrogen-bond donors (Lipinski definition) is 1. The van der Waals surface area contributed by atoms with Crippen molar-refractivity contribution in [2.24, 2.45) is 7.05 Å². The Hall–Kier alpha value is -2.66. The molecule has 1 atom stereocenters. The van der Waals surface area contributed by atoms with Crippen LogP contribution in [0.2, 0.25) is 0 Å². The van der Waals surface area contributed by atoms with Crippen LogP contribution < -0.4 is 10.1 Å². The number of nitrogens with zero attached hydrogens (tertiary/aromatic N) is 3. The third-order valence-corrected chi connectivity index (χ3v) is 4.51. The summed E-state index contributed by atoms with van der Waals surface area (Å²) >= 11 is 0. The summed E-state index contributed by atoms with van der Waals surface area (Å²) in [6.07, 6.45) is 0. The van der Waals surface area contributed by atoms with E-state index in [-0.39, 0.29) is 6.04 Å². The van der Waals surface area contributed by atoms with Crippen LogP contribution >= 0.6 is 0 Å². The average Bonchev–Trinajstić information content (AvgIpc) is 2.96. The maximum atomic E-state index is 5.28. The molecule has 5 heteroatoms. The quantitative estimate of drug-likeness (QED) is 0.750. The summed E-state index contributed by atoms with van der Waals surface area (Å²) in [5, 5.41) is 12.0. The average molecular weight is 336 g/mol. The predicted molar refractivity (Wildman–Crippen MR) is 98.6 cm³/mol. The lowest BCUT2D eigenvalue weighted by molar-refractivity contribution is 0.414. The van der Waals surface area contributed by atoms with Crippen molar-refractivity contribution in [2.75, 3.05) is 7.11 Å². The van der Waals surface area contributed by atoms with Crippen LogP contribution in [0.4, 0.5) is 0 Å². The summed E-state index contributed by atoms with van der Waals surface area (Å²) in [5.41, 5.74) is 3.65. The predicted octanol–water partition coefficient (Wildman–Crippen LogP) is 3.32. The number of ether oxygens (including phenoxy) is 1. The summed E-state index contributed by atoms with van der Waals surface area (Å²) in [4.78, 5) is 0. The molecule has 5 nitrogen and oxygen atoms in total. The molecule has 3 aromatic rings. The zero-order valence-corrected chi connectivity index (χ0v) is 15.2. The molecule has 3 rings (SSSR count). The van der Waals surface area contributed by atoms with E-state index < -0.39 is 0 Å². The molecular formula is C20H24N4O. The third-order valence-electron chi connectivity index (χ3n) is 4.51. The lowest BCUT2D eigenvalue weighted by Crippen LogP contribution is -2.23. The lowest BCUT2D eigenvalue weighted by Gasteiger charge is -2.20. The van der Waals surface area contributed by atoms with Crippen LogP contribution in [-0.2, 0) is 13.6 Å². The first-order chi connectivity index (χ1) is 12.1. The van der Waals surface area contributed by atoms with Gasteiger partial charge in [-0.3, -0.25) is 5.32 Å². The SMILES string of the molecule is COc1ccc([C@@H](NCc2nnc(C)n2C)c2ccc(C)cc2)cc1. The van der Waals surface area contributed by atoms with Gasteiger partial charge in [-0.25, -0.2) is 0 Å². The van der Waals surface area contributed by atoms with Crippen LogP contribution in [0.25, 0.3) is 0 Å². The Labute approximate surface area is 148 Å². The fourth-order valence-electron chi connectivity index (χ4n) is 2.78. The van der Waals surface area contributed by atoms with Gasteiger partial charge in [-0.15, -0.1) is 10.2 Å². The smallest absolute Gasteiger partial charge is 0.146 e. The minimum atomic E-state index is 0.0727. The zero-order chi connectivity index (χ0) is 17.8. The zero-order valence-electron chi connectivity index (χ0n) is 15.2. The number of rotatable bonds is 6.